The van der Waals surface area contributed by atoms with Crippen molar-refractivity contribution in [2.45, 2.75) is 187 Å². The Morgan fingerprint density at radius 3 is 1.17 bits per heavy atom. The molecule has 8 nitrogen and oxygen atoms in total. The highest BCUT2D eigenvalue weighted by Gasteiger charge is 2.18. The second kappa shape index (κ2) is 32.6. The van der Waals surface area contributed by atoms with Crippen molar-refractivity contribution in [3.05, 3.63) is 34.9 Å². The molecule has 8 heteroatoms. The van der Waals surface area contributed by atoms with Gasteiger partial charge in [-0.2, -0.15) is 0 Å². The summed E-state index contributed by atoms with van der Waals surface area (Å²) < 4.78 is 5.40. The molecule has 0 fully saturated rings. The number of carbonyl (C=O) groups excluding carboxylic acids is 1. The molecule has 1 rings (SSSR count). The number of carbonyl (C=O) groups is 4. The van der Waals surface area contributed by atoms with Crippen LogP contribution in [0.1, 0.15) is 218 Å². The molecule has 0 saturated carbocycles. The lowest BCUT2D eigenvalue weighted by molar-refractivity contribution is -0.143. The lowest BCUT2D eigenvalue weighted by Crippen LogP contribution is -2.10. The largest absolute Gasteiger partial charge is 0.478 e. The molecule has 0 saturated heterocycles. The summed E-state index contributed by atoms with van der Waals surface area (Å²) >= 11 is 0. The summed E-state index contributed by atoms with van der Waals surface area (Å²) in [6.45, 7) is 5.20. The summed E-state index contributed by atoms with van der Waals surface area (Å²) in [5, 5.41) is 25.9. The highest BCUT2D eigenvalue weighted by atomic mass is 16.5. The standard InChI is InChI=1S/C31H62O2.C9H6O6/c1-3-5-7-9-11-13-15-16-17-18-19-21-23-25-27-29-31(32)33-30-28-26-24-22-20-14-12-10-8-6-4-2;10-7(11)4-1-2-5(8(12)13)6(3-4)9(14)15/h3-30H2,1-2H3;1-3H,(H,10,11)(H,12,13)(H,14,15). The number of carboxylic acids is 3. The van der Waals surface area contributed by atoms with Crippen molar-refractivity contribution in [2.75, 3.05) is 6.61 Å². The Morgan fingerprint density at radius 2 is 0.812 bits per heavy atom. The van der Waals surface area contributed by atoms with Crippen molar-refractivity contribution in [1.82, 2.24) is 0 Å². The monoisotopic (exact) mass is 676 g/mol. The lowest BCUT2D eigenvalue weighted by atomic mass is 10.0. The Kier molecular flexibility index (Phi) is 30.7. The van der Waals surface area contributed by atoms with E-state index in [-0.39, 0.29) is 11.5 Å². The van der Waals surface area contributed by atoms with E-state index in [1.54, 1.807) is 0 Å². The number of hydrogen-bond donors (Lipinski definition) is 3. The number of carboxylic acid groups (broad SMARTS) is 3. The van der Waals surface area contributed by atoms with Crippen LogP contribution in [0.2, 0.25) is 0 Å². The van der Waals surface area contributed by atoms with Gasteiger partial charge in [0.15, 0.2) is 0 Å². The quantitative estimate of drug-likeness (QED) is 0.0521. The summed E-state index contributed by atoms with van der Waals surface area (Å²) in [4.78, 5) is 43.6. The average Bonchev–Trinajstić information content (AvgIpc) is 3.06. The van der Waals surface area contributed by atoms with Crippen LogP contribution in [-0.2, 0) is 9.53 Å². The maximum Gasteiger partial charge on any atom is 0.336 e. The first-order valence-electron chi connectivity index (χ1n) is 19.2. The van der Waals surface area contributed by atoms with E-state index < -0.39 is 29.0 Å². The van der Waals surface area contributed by atoms with Crippen LogP contribution in [0, 0.1) is 0 Å². The number of ether oxygens (including phenoxy) is 1. The van der Waals surface area contributed by atoms with Crippen LogP contribution in [0.15, 0.2) is 18.2 Å². The first kappa shape index (κ1) is 45.1. The minimum atomic E-state index is -1.48. The summed E-state index contributed by atoms with van der Waals surface area (Å²) in [6.07, 6.45) is 35.7. The summed E-state index contributed by atoms with van der Waals surface area (Å²) in [5.74, 6) is -4.17. The van der Waals surface area contributed by atoms with E-state index in [1.807, 2.05) is 0 Å². The second-order valence-electron chi connectivity index (χ2n) is 13.1. The van der Waals surface area contributed by atoms with E-state index in [2.05, 4.69) is 13.8 Å². The molecule has 0 aliphatic carbocycles. The van der Waals surface area contributed by atoms with E-state index in [9.17, 15) is 19.2 Å². The highest BCUT2D eigenvalue weighted by Crippen LogP contribution is 2.15. The zero-order valence-electron chi connectivity index (χ0n) is 30.4. The predicted molar refractivity (Wildman–Crippen MR) is 194 cm³/mol. The third-order valence-electron chi connectivity index (χ3n) is 8.72. The lowest BCUT2D eigenvalue weighted by Gasteiger charge is -2.06. The zero-order chi connectivity index (χ0) is 35.7. The smallest absolute Gasteiger partial charge is 0.336 e. The number of benzene rings is 1. The first-order chi connectivity index (χ1) is 23.2. The molecular weight excluding hydrogens is 608 g/mol. The molecule has 0 atom stereocenters. The van der Waals surface area contributed by atoms with Crippen molar-refractivity contribution in [2.24, 2.45) is 0 Å². The normalized spacial score (nSPS) is 10.7. The summed E-state index contributed by atoms with van der Waals surface area (Å²) in [7, 11) is 0. The fourth-order valence-corrected chi connectivity index (χ4v) is 5.71. The van der Waals surface area contributed by atoms with Gasteiger partial charge in [-0.05, 0) is 31.0 Å². The average molecular weight is 677 g/mol. The Hall–Kier alpha value is -2.90. The minimum absolute atomic E-state index is 0.0248. The molecular formula is C40H68O8. The van der Waals surface area contributed by atoms with Gasteiger partial charge >= 0.3 is 23.9 Å². The highest BCUT2D eigenvalue weighted by molar-refractivity contribution is 6.03. The van der Waals surface area contributed by atoms with Gasteiger partial charge in [-0.3, -0.25) is 4.79 Å². The Bertz CT molecular complexity index is 974. The van der Waals surface area contributed by atoms with Crippen LogP contribution in [0.25, 0.3) is 0 Å². The molecule has 3 N–H and O–H groups in total. The molecule has 48 heavy (non-hydrogen) atoms. The molecule has 0 amide bonds. The predicted octanol–water partition coefficient (Wildman–Crippen LogP) is 11.9. The molecule has 0 aliphatic rings. The van der Waals surface area contributed by atoms with E-state index in [4.69, 9.17) is 20.1 Å². The molecule has 0 unspecified atom stereocenters. The molecule has 0 heterocycles. The number of hydrogen-bond acceptors (Lipinski definition) is 5. The van der Waals surface area contributed by atoms with Gasteiger partial charge in [-0.25, -0.2) is 14.4 Å². The minimum Gasteiger partial charge on any atom is -0.478 e. The van der Waals surface area contributed by atoms with Gasteiger partial charge in [0.25, 0.3) is 0 Å². The summed E-state index contributed by atoms with van der Waals surface area (Å²) in [6, 6.07) is 2.81. The number of aromatic carboxylic acids is 3. The molecule has 1 aromatic rings. The molecule has 0 aliphatic heterocycles. The van der Waals surface area contributed by atoms with Crippen molar-refractivity contribution >= 4 is 23.9 Å². The van der Waals surface area contributed by atoms with Crippen LogP contribution in [0.5, 0.6) is 0 Å². The van der Waals surface area contributed by atoms with Gasteiger partial charge in [0.2, 0.25) is 0 Å². The van der Waals surface area contributed by atoms with Crippen LogP contribution in [-0.4, -0.2) is 45.8 Å². The van der Waals surface area contributed by atoms with Gasteiger partial charge in [-0.15, -0.1) is 0 Å². The van der Waals surface area contributed by atoms with Crippen molar-refractivity contribution in [3.63, 3.8) is 0 Å². The van der Waals surface area contributed by atoms with Crippen LogP contribution in [0.4, 0.5) is 0 Å². The van der Waals surface area contributed by atoms with Crippen LogP contribution in [0.3, 0.4) is 0 Å². The molecule has 0 aromatic heterocycles. The maximum absolute atomic E-state index is 11.8. The third-order valence-corrected chi connectivity index (χ3v) is 8.72. The Balaban J connectivity index is 0.00000122. The topological polar surface area (TPSA) is 138 Å². The van der Waals surface area contributed by atoms with Gasteiger partial charge in [0.05, 0.1) is 23.3 Å². The Labute approximate surface area is 291 Å². The van der Waals surface area contributed by atoms with Gasteiger partial charge in [0, 0.05) is 6.42 Å². The Morgan fingerprint density at radius 1 is 0.458 bits per heavy atom. The first-order valence-corrected chi connectivity index (χ1v) is 19.2. The fourth-order valence-electron chi connectivity index (χ4n) is 5.71. The molecule has 276 valence electrons. The molecule has 0 radical (unpaired) electrons. The number of unbranched alkanes of at least 4 members (excludes halogenated alkanes) is 24. The number of rotatable bonds is 31. The number of esters is 1. The van der Waals surface area contributed by atoms with Crippen LogP contribution < -0.4 is 0 Å². The van der Waals surface area contributed by atoms with Crippen molar-refractivity contribution < 1.29 is 39.2 Å². The van der Waals surface area contributed by atoms with Gasteiger partial charge in [-0.1, -0.05) is 168 Å². The molecule has 1 aromatic carbocycles. The zero-order valence-corrected chi connectivity index (χ0v) is 30.4. The molecule has 0 bridgehead atoms. The third kappa shape index (κ3) is 27.1. The van der Waals surface area contributed by atoms with E-state index >= 15 is 0 Å². The maximum atomic E-state index is 11.8. The van der Waals surface area contributed by atoms with Crippen molar-refractivity contribution in [3.8, 4) is 0 Å². The van der Waals surface area contributed by atoms with Gasteiger partial charge < -0.3 is 20.1 Å². The molecule has 0 spiro atoms. The van der Waals surface area contributed by atoms with E-state index in [0.29, 0.717) is 13.0 Å². The van der Waals surface area contributed by atoms with Gasteiger partial charge in [0.1, 0.15) is 0 Å². The SMILES string of the molecule is CCCCCCCCCCCCCCCCCC(=O)OCCCCCCCCCCCCC.O=C(O)c1ccc(C(=O)O)c(C(=O)O)c1. The second-order valence-corrected chi connectivity index (χ2v) is 13.1. The summed E-state index contributed by atoms with van der Waals surface area (Å²) in [5.41, 5.74) is -1.24. The van der Waals surface area contributed by atoms with Crippen molar-refractivity contribution in [1.29, 1.82) is 0 Å². The fraction of sp³-hybridized carbons (Fsp3) is 0.750. The van der Waals surface area contributed by atoms with Crippen LogP contribution >= 0.6 is 0 Å². The van der Waals surface area contributed by atoms with E-state index in [0.717, 1.165) is 31.0 Å². The van der Waals surface area contributed by atoms with E-state index in [1.165, 1.54) is 154 Å².